The van der Waals surface area contributed by atoms with Crippen molar-refractivity contribution in [2.75, 3.05) is 0 Å². The van der Waals surface area contributed by atoms with Crippen molar-refractivity contribution >= 4 is 22.9 Å². The molecule has 0 aliphatic rings. The molecule has 0 aliphatic carbocycles. The Labute approximate surface area is 117 Å². The minimum absolute atomic E-state index is 0.462. The molecule has 1 heterocycles. The summed E-state index contributed by atoms with van der Waals surface area (Å²) >= 11 is 7.86. The summed E-state index contributed by atoms with van der Waals surface area (Å²) < 4.78 is 0. The number of benzene rings is 1. The van der Waals surface area contributed by atoms with Gasteiger partial charge in [0.15, 0.2) is 0 Å². The molecule has 2 aromatic rings. The van der Waals surface area contributed by atoms with Crippen LogP contribution in [0.3, 0.4) is 0 Å². The van der Waals surface area contributed by atoms with Gasteiger partial charge in [-0.2, -0.15) is 0 Å². The first kappa shape index (κ1) is 13.6. The van der Waals surface area contributed by atoms with Crippen molar-refractivity contribution < 1.29 is 5.11 Å². The Morgan fingerprint density at radius 1 is 1.28 bits per heavy atom. The van der Waals surface area contributed by atoms with Gasteiger partial charge in [-0.25, -0.2) is 0 Å². The Bertz CT molecular complexity index is 533. The predicted molar refractivity (Wildman–Crippen MR) is 78.5 cm³/mol. The summed E-state index contributed by atoms with van der Waals surface area (Å²) in [5, 5.41) is 11.0. The Balaban J connectivity index is 2.13. The molecule has 0 saturated carbocycles. The van der Waals surface area contributed by atoms with Gasteiger partial charge in [0.05, 0.1) is 6.10 Å². The largest absolute Gasteiger partial charge is 0.387 e. The SMILES string of the molecule is CCc1ccc(C(O)Cc2ccc(C)cc2Cl)s1. The fourth-order valence-electron chi connectivity index (χ4n) is 1.89. The van der Waals surface area contributed by atoms with Crippen LogP contribution in [0, 0.1) is 6.92 Å². The molecule has 18 heavy (non-hydrogen) atoms. The number of aliphatic hydroxyl groups is 1. The predicted octanol–water partition coefficient (Wildman–Crippen LogP) is 4.55. The summed E-state index contributed by atoms with van der Waals surface area (Å²) in [7, 11) is 0. The molecule has 3 heteroatoms. The summed E-state index contributed by atoms with van der Waals surface area (Å²) in [4.78, 5) is 2.32. The fourth-order valence-corrected chi connectivity index (χ4v) is 3.14. The van der Waals surface area contributed by atoms with E-state index < -0.39 is 6.10 Å². The number of thiophene rings is 1. The van der Waals surface area contributed by atoms with Gasteiger partial charge >= 0.3 is 0 Å². The average molecular weight is 281 g/mol. The first-order chi connectivity index (χ1) is 8.60. The minimum Gasteiger partial charge on any atom is -0.387 e. The van der Waals surface area contributed by atoms with Crippen molar-refractivity contribution in [2.24, 2.45) is 0 Å². The van der Waals surface area contributed by atoms with Crippen molar-refractivity contribution in [3.05, 3.63) is 56.2 Å². The molecule has 1 atom stereocenters. The van der Waals surface area contributed by atoms with Gasteiger partial charge in [-0.05, 0) is 42.7 Å². The second-order valence-corrected chi connectivity index (χ2v) is 6.08. The highest BCUT2D eigenvalue weighted by Gasteiger charge is 2.13. The maximum absolute atomic E-state index is 10.2. The van der Waals surface area contributed by atoms with Crippen molar-refractivity contribution in [2.45, 2.75) is 32.8 Å². The molecule has 0 saturated heterocycles. The lowest BCUT2D eigenvalue weighted by molar-refractivity contribution is 0.182. The Kier molecular flexibility index (Phi) is 4.44. The zero-order valence-corrected chi connectivity index (χ0v) is 12.2. The molecule has 0 bridgehead atoms. The molecule has 0 amide bonds. The third kappa shape index (κ3) is 3.14. The van der Waals surface area contributed by atoms with Crippen LogP contribution in [0.1, 0.15) is 33.9 Å². The van der Waals surface area contributed by atoms with E-state index in [0.29, 0.717) is 6.42 Å². The lowest BCUT2D eigenvalue weighted by atomic mass is 10.1. The highest BCUT2D eigenvalue weighted by atomic mass is 35.5. The van der Waals surface area contributed by atoms with Crippen LogP contribution in [-0.4, -0.2) is 5.11 Å². The molecule has 96 valence electrons. The molecule has 1 unspecified atom stereocenters. The minimum atomic E-state index is -0.462. The normalized spacial score (nSPS) is 12.7. The Morgan fingerprint density at radius 3 is 2.67 bits per heavy atom. The Morgan fingerprint density at radius 2 is 2.06 bits per heavy atom. The van der Waals surface area contributed by atoms with E-state index in [1.54, 1.807) is 11.3 Å². The van der Waals surface area contributed by atoms with Gasteiger partial charge in [0.2, 0.25) is 0 Å². The highest BCUT2D eigenvalue weighted by molar-refractivity contribution is 7.12. The second-order valence-electron chi connectivity index (χ2n) is 4.47. The maximum Gasteiger partial charge on any atom is 0.0922 e. The number of hydrogen-bond acceptors (Lipinski definition) is 2. The lowest BCUT2D eigenvalue weighted by Gasteiger charge is -2.10. The van der Waals surface area contributed by atoms with Crippen molar-refractivity contribution in [3.63, 3.8) is 0 Å². The van der Waals surface area contributed by atoms with E-state index in [9.17, 15) is 5.11 Å². The zero-order chi connectivity index (χ0) is 13.1. The van der Waals surface area contributed by atoms with Crippen LogP contribution in [-0.2, 0) is 12.8 Å². The van der Waals surface area contributed by atoms with Crippen molar-refractivity contribution in [1.82, 2.24) is 0 Å². The zero-order valence-electron chi connectivity index (χ0n) is 10.6. The molecule has 1 N–H and O–H groups in total. The van der Waals surface area contributed by atoms with Gasteiger partial charge in [-0.15, -0.1) is 11.3 Å². The van der Waals surface area contributed by atoms with Crippen molar-refractivity contribution in [3.8, 4) is 0 Å². The molecule has 1 aromatic heterocycles. The lowest BCUT2D eigenvalue weighted by Crippen LogP contribution is -2.00. The molecule has 0 spiro atoms. The highest BCUT2D eigenvalue weighted by Crippen LogP contribution is 2.28. The van der Waals surface area contributed by atoms with E-state index in [4.69, 9.17) is 11.6 Å². The van der Waals surface area contributed by atoms with Gasteiger partial charge in [0.25, 0.3) is 0 Å². The van der Waals surface area contributed by atoms with E-state index >= 15 is 0 Å². The van der Waals surface area contributed by atoms with Crippen LogP contribution in [0.25, 0.3) is 0 Å². The molecule has 0 aliphatic heterocycles. The molecular weight excluding hydrogens is 264 g/mol. The van der Waals surface area contributed by atoms with E-state index in [0.717, 1.165) is 27.4 Å². The third-order valence-corrected chi connectivity index (χ3v) is 4.66. The van der Waals surface area contributed by atoms with Gasteiger partial charge in [0.1, 0.15) is 0 Å². The number of halogens is 1. The van der Waals surface area contributed by atoms with Crippen LogP contribution in [0.4, 0.5) is 0 Å². The first-order valence-electron chi connectivity index (χ1n) is 6.12. The summed E-state index contributed by atoms with van der Waals surface area (Å²) in [6.45, 7) is 4.14. The van der Waals surface area contributed by atoms with E-state index in [2.05, 4.69) is 13.0 Å². The number of aliphatic hydroxyl groups excluding tert-OH is 1. The van der Waals surface area contributed by atoms with E-state index in [-0.39, 0.29) is 0 Å². The van der Waals surface area contributed by atoms with Crippen LogP contribution in [0.5, 0.6) is 0 Å². The number of hydrogen-bond donors (Lipinski definition) is 1. The van der Waals surface area contributed by atoms with Crippen molar-refractivity contribution in [1.29, 1.82) is 0 Å². The third-order valence-electron chi connectivity index (χ3n) is 2.98. The molecule has 1 aromatic carbocycles. The van der Waals surface area contributed by atoms with E-state index in [1.165, 1.54) is 4.88 Å². The van der Waals surface area contributed by atoms with Gasteiger partial charge < -0.3 is 5.11 Å². The molecule has 0 radical (unpaired) electrons. The van der Waals surface area contributed by atoms with Crippen LogP contribution < -0.4 is 0 Å². The quantitative estimate of drug-likeness (QED) is 0.871. The average Bonchev–Trinajstić information content (AvgIpc) is 2.81. The van der Waals surface area contributed by atoms with Crippen LogP contribution >= 0.6 is 22.9 Å². The summed E-state index contributed by atoms with van der Waals surface area (Å²) in [6, 6.07) is 10.1. The van der Waals surface area contributed by atoms with Crippen LogP contribution in [0.2, 0.25) is 5.02 Å². The smallest absolute Gasteiger partial charge is 0.0922 e. The number of aryl methyl sites for hydroxylation is 2. The molecule has 1 nitrogen and oxygen atoms in total. The van der Waals surface area contributed by atoms with Crippen LogP contribution in [0.15, 0.2) is 30.3 Å². The first-order valence-corrected chi connectivity index (χ1v) is 7.31. The molecule has 0 fully saturated rings. The summed E-state index contributed by atoms with van der Waals surface area (Å²) in [5.74, 6) is 0. The Hall–Kier alpha value is -0.830. The topological polar surface area (TPSA) is 20.2 Å². The maximum atomic E-state index is 10.2. The molecular formula is C15H17ClOS. The number of rotatable bonds is 4. The standard InChI is InChI=1S/C15H17ClOS/c1-3-12-6-7-15(18-12)14(17)9-11-5-4-10(2)8-13(11)16/h4-8,14,17H,3,9H2,1-2H3. The summed E-state index contributed by atoms with van der Waals surface area (Å²) in [5.41, 5.74) is 2.14. The van der Waals surface area contributed by atoms with Gasteiger partial charge in [-0.1, -0.05) is 30.7 Å². The van der Waals surface area contributed by atoms with Gasteiger partial charge in [0, 0.05) is 21.2 Å². The monoisotopic (exact) mass is 280 g/mol. The second kappa shape index (κ2) is 5.87. The van der Waals surface area contributed by atoms with E-state index in [1.807, 2.05) is 31.2 Å². The molecule has 2 rings (SSSR count). The summed E-state index contributed by atoms with van der Waals surface area (Å²) in [6.07, 6.45) is 1.13. The fraction of sp³-hybridized carbons (Fsp3) is 0.333. The van der Waals surface area contributed by atoms with Gasteiger partial charge in [-0.3, -0.25) is 0 Å².